The molecule has 3 heterocycles. The Bertz CT molecular complexity index is 945. The summed E-state index contributed by atoms with van der Waals surface area (Å²) in [4.78, 5) is 27.2. The molecule has 1 aromatic carbocycles. The Kier molecular flexibility index (Phi) is 5.69. The molecule has 0 bridgehead atoms. The molecule has 0 spiro atoms. The summed E-state index contributed by atoms with van der Waals surface area (Å²) in [6, 6.07) is 7.52. The van der Waals surface area contributed by atoms with Crippen molar-refractivity contribution in [3.05, 3.63) is 54.7 Å². The van der Waals surface area contributed by atoms with Crippen molar-refractivity contribution in [1.82, 2.24) is 19.9 Å². The molecule has 0 radical (unpaired) electrons. The molecule has 4 rings (SSSR count). The fraction of sp³-hybridized carbons (Fsp3) is 0.300. The Hall–Kier alpha value is -3.10. The molecule has 1 aliphatic heterocycles. The molecule has 0 unspecified atom stereocenters. The van der Waals surface area contributed by atoms with Gasteiger partial charge in [-0.25, -0.2) is 4.98 Å². The Morgan fingerprint density at radius 3 is 2.89 bits per heavy atom. The highest BCUT2D eigenvalue weighted by Crippen LogP contribution is 2.28. The minimum absolute atomic E-state index is 0.241. The third kappa shape index (κ3) is 4.41. The molecular formula is C20H21N5O3. The Morgan fingerprint density at radius 1 is 1.18 bits per heavy atom. The summed E-state index contributed by atoms with van der Waals surface area (Å²) >= 11 is 0. The highest BCUT2D eigenvalue weighted by molar-refractivity contribution is 6.07. The number of amides is 1. The number of nitrogens with zero attached hydrogens (tertiary/aromatic N) is 4. The third-order valence-corrected chi connectivity index (χ3v) is 4.50. The molecule has 144 valence electrons. The predicted molar refractivity (Wildman–Crippen MR) is 104 cm³/mol. The highest BCUT2D eigenvalue weighted by atomic mass is 16.5. The van der Waals surface area contributed by atoms with Crippen LogP contribution < -0.4 is 10.1 Å². The first-order valence-corrected chi connectivity index (χ1v) is 9.19. The lowest BCUT2D eigenvalue weighted by Crippen LogP contribution is -2.38. The zero-order valence-corrected chi connectivity index (χ0v) is 15.4. The summed E-state index contributed by atoms with van der Waals surface area (Å²) in [7, 11) is 0. The second kappa shape index (κ2) is 8.73. The van der Waals surface area contributed by atoms with Gasteiger partial charge in [0.05, 0.1) is 30.6 Å². The summed E-state index contributed by atoms with van der Waals surface area (Å²) in [5, 5.41) is 3.76. The molecule has 1 fully saturated rings. The van der Waals surface area contributed by atoms with Crippen molar-refractivity contribution in [2.75, 3.05) is 44.8 Å². The van der Waals surface area contributed by atoms with Crippen LogP contribution in [0.5, 0.6) is 5.75 Å². The normalized spacial score (nSPS) is 14.7. The minimum atomic E-state index is -0.342. The van der Waals surface area contributed by atoms with Gasteiger partial charge in [0.2, 0.25) is 0 Å². The number of fused-ring (bicyclic) bond motifs is 1. The number of anilines is 1. The van der Waals surface area contributed by atoms with Gasteiger partial charge in [0.25, 0.3) is 5.91 Å². The molecule has 1 aliphatic rings. The number of carbonyl (C=O) groups excluding carboxylic acids is 1. The van der Waals surface area contributed by atoms with Crippen LogP contribution in [-0.4, -0.2) is 65.2 Å². The van der Waals surface area contributed by atoms with E-state index in [0.29, 0.717) is 23.6 Å². The summed E-state index contributed by atoms with van der Waals surface area (Å²) in [5.74, 6) is 0.341. The maximum absolute atomic E-state index is 12.5. The van der Waals surface area contributed by atoms with Crippen LogP contribution >= 0.6 is 0 Å². The van der Waals surface area contributed by atoms with E-state index in [2.05, 4.69) is 25.2 Å². The van der Waals surface area contributed by atoms with Crippen LogP contribution in [0.2, 0.25) is 0 Å². The molecule has 0 atom stereocenters. The van der Waals surface area contributed by atoms with Crippen molar-refractivity contribution in [2.24, 2.45) is 0 Å². The molecule has 2 aromatic heterocycles. The Labute approximate surface area is 162 Å². The SMILES string of the molecule is O=C(Nc1cc(OCCN2CCOCC2)cc2cccnc12)c1cnccn1. The van der Waals surface area contributed by atoms with Gasteiger partial charge >= 0.3 is 0 Å². The smallest absolute Gasteiger partial charge is 0.275 e. The molecular weight excluding hydrogens is 358 g/mol. The zero-order valence-electron chi connectivity index (χ0n) is 15.4. The first-order chi connectivity index (χ1) is 13.8. The Balaban J connectivity index is 1.50. The van der Waals surface area contributed by atoms with Crippen molar-refractivity contribution < 1.29 is 14.3 Å². The molecule has 28 heavy (non-hydrogen) atoms. The van der Waals surface area contributed by atoms with E-state index >= 15 is 0 Å². The number of nitrogens with one attached hydrogen (secondary N) is 1. The number of rotatable bonds is 6. The van der Waals surface area contributed by atoms with Crippen LogP contribution in [0.4, 0.5) is 5.69 Å². The fourth-order valence-electron chi connectivity index (χ4n) is 3.06. The number of hydrogen-bond acceptors (Lipinski definition) is 7. The van der Waals surface area contributed by atoms with Crippen LogP contribution in [0, 0.1) is 0 Å². The monoisotopic (exact) mass is 379 g/mol. The van der Waals surface area contributed by atoms with Crippen molar-refractivity contribution >= 4 is 22.5 Å². The molecule has 8 nitrogen and oxygen atoms in total. The lowest BCUT2D eigenvalue weighted by molar-refractivity contribution is 0.0322. The lowest BCUT2D eigenvalue weighted by atomic mass is 10.1. The summed E-state index contributed by atoms with van der Waals surface area (Å²) < 4.78 is 11.3. The second-order valence-electron chi connectivity index (χ2n) is 6.39. The average Bonchev–Trinajstić information content (AvgIpc) is 2.75. The highest BCUT2D eigenvalue weighted by Gasteiger charge is 2.13. The molecule has 8 heteroatoms. The van der Waals surface area contributed by atoms with Crippen molar-refractivity contribution in [1.29, 1.82) is 0 Å². The van der Waals surface area contributed by atoms with E-state index in [1.807, 2.05) is 18.2 Å². The number of aromatic nitrogens is 3. The van der Waals surface area contributed by atoms with E-state index < -0.39 is 0 Å². The summed E-state index contributed by atoms with van der Waals surface area (Å²) in [6.07, 6.45) is 6.13. The van der Waals surface area contributed by atoms with Crippen LogP contribution in [0.15, 0.2) is 49.1 Å². The molecule has 0 aliphatic carbocycles. The summed E-state index contributed by atoms with van der Waals surface area (Å²) in [5.41, 5.74) is 1.51. The van der Waals surface area contributed by atoms with E-state index in [4.69, 9.17) is 9.47 Å². The number of carbonyl (C=O) groups is 1. The van der Waals surface area contributed by atoms with Gasteiger partial charge in [0.1, 0.15) is 18.1 Å². The van der Waals surface area contributed by atoms with Gasteiger partial charge in [-0.1, -0.05) is 6.07 Å². The van der Waals surface area contributed by atoms with Crippen molar-refractivity contribution in [3.8, 4) is 5.75 Å². The predicted octanol–water partition coefficient (Wildman–Crippen LogP) is 1.99. The quantitative estimate of drug-likeness (QED) is 0.700. The molecule has 1 N–H and O–H groups in total. The topological polar surface area (TPSA) is 89.5 Å². The van der Waals surface area contributed by atoms with Crippen LogP contribution in [-0.2, 0) is 4.74 Å². The van der Waals surface area contributed by atoms with Crippen LogP contribution in [0.3, 0.4) is 0 Å². The number of hydrogen-bond donors (Lipinski definition) is 1. The van der Waals surface area contributed by atoms with Crippen LogP contribution in [0.25, 0.3) is 10.9 Å². The first kappa shape index (κ1) is 18.3. The maximum Gasteiger partial charge on any atom is 0.275 e. The first-order valence-electron chi connectivity index (χ1n) is 9.19. The second-order valence-corrected chi connectivity index (χ2v) is 6.39. The Morgan fingerprint density at radius 2 is 2.07 bits per heavy atom. The number of morpholine rings is 1. The van der Waals surface area contributed by atoms with Crippen molar-refractivity contribution in [2.45, 2.75) is 0 Å². The third-order valence-electron chi connectivity index (χ3n) is 4.50. The summed E-state index contributed by atoms with van der Waals surface area (Å²) in [6.45, 7) is 4.76. The van der Waals surface area contributed by atoms with Gasteiger partial charge in [-0.05, 0) is 12.1 Å². The molecule has 3 aromatic rings. The number of benzene rings is 1. The standard InChI is InChI=1S/C20H21N5O3/c26-20(18-14-21-4-5-22-18)24-17-13-16(12-15-2-1-3-23-19(15)17)28-11-8-25-6-9-27-10-7-25/h1-5,12-14H,6-11H2,(H,24,26). The average molecular weight is 379 g/mol. The van der Waals surface area contributed by atoms with Crippen LogP contribution in [0.1, 0.15) is 10.5 Å². The number of pyridine rings is 1. The number of ether oxygens (including phenoxy) is 2. The fourth-order valence-corrected chi connectivity index (χ4v) is 3.06. The molecule has 1 saturated heterocycles. The zero-order chi connectivity index (χ0) is 19.2. The van der Waals surface area contributed by atoms with E-state index in [1.165, 1.54) is 18.6 Å². The van der Waals surface area contributed by atoms with Gasteiger partial charge in [-0.15, -0.1) is 0 Å². The van der Waals surface area contributed by atoms with E-state index in [0.717, 1.165) is 38.2 Å². The van der Waals surface area contributed by atoms with E-state index in [9.17, 15) is 4.79 Å². The maximum atomic E-state index is 12.5. The minimum Gasteiger partial charge on any atom is -0.492 e. The van der Waals surface area contributed by atoms with Gasteiger partial charge < -0.3 is 14.8 Å². The van der Waals surface area contributed by atoms with Gasteiger partial charge in [0, 0.05) is 49.7 Å². The molecule has 1 amide bonds. The van der Waals surface area contributed by atoms with E-state index in [-0.39, 0.29) is 11.6 Å². The van der Waals surface area contributed by atoms with Gasteiger partial charge in [-0.2, -0.15) is 0 Å². The lowest BCUT2D eigenvalue weighted by Gasteiger charge is -2.26. The van der Waals surface area contributed by atoms with Gasteiger partial charge in [0.15, 0.2) is 0 Å². The van der Waals surface area contributed by atoms with Crippen molar-refractivity contribution in [3.63, 3.8) is 0 Å². The van der Waals surface area contributed by atoms with E-state index in [1.54, 1.807) is 12.3 Å². The van der Waals surface area contributed by atoms with Gasteiger partial charge in [-0.3, -0.25) is 19.7 Å². The molecule has 0 saturated carbocycles. The largest absolute Gasteiger partial charge is 0.492 e.